The molecule has 0 saturated heterocycles. The second kappa shape index (κ2) is 8.47. The monoisotopic (exact) mass is 269 g/mol. The van der Waals surface area contributed by atoms with E-state index in [1.54, 1.807) is 0 Å². The second-order valence-electron chi connectivity index (χ2n) is 4.08. The summed E-state index contributed by atoms with van der Waals surface area (Å²) in [6.07, 6.45) is 1.93. The van der Waals surface area contributed by atoms with E-state index in [0.29, 0.717) is 18.4 Å². The zero-order valence-electron chi connectivity index (χ0n) is 11.9. The van der Waals surface area contributed by atoms with Gasteiger partial charge in [-0.15, -0.1) is 0 Å². The zero-order valence-corrected chi connectivity index (χ0v) is 11.9. The topological polar surface area (TPSA) is 83.4 Å². The van der Waals surface area contributed by atoms with Crippen LogP contribution < -0.4 is 15.0 Å². The Kier molecular flexibility index (Phi) is 6.88. The molecule has 1 heterocycles. The van der Waals surface area contributed by atoms with E-state index in [4.69, 9.17) is 9.84 Å². The molecule has 1 rings (SSSR count). The Balaban J connectivity index is 2.95. The first-order chi connectivity index (χ1) is 9.24. The summed E-state index contributed by atoms with van der Waals surface area (Å²) in [6.45, 7) is 6.27. The Hall–Kier alpha value is -1.63. The van der Waals surface area contributed by atoms with Crippen LogP contribution in [0.25, 0.3) is 0 Å². The lowest BCUT2D eigenvalue weighted by molar-refractivity contribution is 0.300. The van der Waals surface area contributed by atoms with Gasteiger partial charge in [0, 0.05) is 19.6 Å². The lowest BCUT2D eigenvalue weighted by Gasteiger charge is -2.21. The minimum absolute atomic E-state index is 0.0612. The van der Waals surface area contributed by atoms with Crippen molar-refractivity contribution < 1.29 is 9.84 Å². The van der Waals surface area contributed by atoms with Crippen LogP contribution >= 0.6 is 0 Å². The maximum absolute atomic E-state index is 9.10. The van der Waals surface area contributed by atoms with Gasteiger partial charge in [0.25, 0.3) is 0 Å². The van der Waals surface area contributed by atoms with Crippen molar-refractivity contribution >= 4 is 11.9 Å². The van der Waals surface area contributed by atoms with Gasteiger partial charge in [-0.3, -0.25) is 0 Å². The summed E-state index contributed by atoms with van der Waals surface area (Å²) >= 11 is 0. The third-order valence-electron chi connectivity index (χ3n) is 2.47. The molecule has 2 N–H and O–H groups in total. The Morgan fingerprint density at radius 1 is 1.16 bits per heavy atom. The first-order valence-corrected chi connectivity index (χ1v) is 6.64. The number of rotatable bonds is 9. The largest absolute Gasteiger partial charge is 0.467 e. The average Bonchev–Trinajstić information content (AvgIpc) is 2.44. The van der Waals surface area contributed by atoms with Crippen LogP contribution in [0.5, 0.6) is 6.01 Å². The smallest absolute Gasteiger partial charge is 0.322 e. The van der Waals surface area contributed by atoms with Gasteiger partial charge in [-0.2, -0.15) is 15.0 Å². The fourth-order valence-electron chi connectivity index (χ4n) is 1.60. The SMILES string of the molecule is CCCNc1nc(OC)nc(N(CCC)CCO)n1. The van der Waals surface area contributed by atoms with Gasteiger partial charge in [-0.05, 0) is 12.8 Å². The summed E-state index contributed by atoms with van der Waals surface area (Å²) in [6, 6.07) is 0.280. The summed E-state index contributed by atoms with van der Waals surface area (Å²) in [5, 5.41) is 12.2. The van der Waals surface area contributed by atoms with Crippen LogP contribution in [0.3, 0.4) is 0 Å². The van der Waals surface area contributed by atoms with E-state index in [0.717, 1.165) is 25.9 Å². The summed E-state index contributed by atoms with van der Waals surface area (Å²) in [5.74, 6) is 1.03. The number of methoxy groups -OCH3 is 1. The molecule has 7 nitrogen and oxygen atoms in total. The number of ether oxygens (including phenoxy) is 1. The van der Waals surface area contributed by atoms with Gasteiger partial charge in [0.2, 0.25) is 11.9 Å². The summed E-state index contributed by atoms with van der Waals surface area (Å²) < 4.78 is 5.09. The van der Waals surface area contributed by atoms with Crippen molar-refractivity contribution in [2.24, 2.45) is 0 Å². The fourth-order valence-corrected chi connectivity index (χ4v) is 1.60. The van der Waals surface area contributed by atoms with E-state index in [1.807, 2.05) is 4.90 Å². The summed E-state index contributed by atoms with van der Waals surface area (Å²) in [7, 11) is 1.53. The highest BCUT2D eigenvalue weighted by Gasteiger charge is 2.12. The quantitative estimate of drug-likeness (QED) is 0.689. The van der Waals surface area contributed by atoms with Gasteiger partial charge in [-0.25, -0.2) is 0 Å². The molecule has 0 unspecified atom stereocenters. The van der Waals surface area contributed by atoms with Crippen molar-refractivity contribution in [3.8, 4) is 6.01 Å². The van der Waals surface area contributed by atoms with Crippen LogP contribution in [0.2, 0.25) is 0 Å². The zero-order chi connectivity index (χ0) is 14.1. The molecular weight excluding hydrogens is 246 g/mol. The Bertz CT molecular complexity index is 369. The van der Waals surface area contributed by atoms with Crippen LogP contribution in [0.15, 0.2) is 0 Å². The van der Waals surface area contributed by atoms with Crippen molar-refractivity contribution in [1.82, 2.24) is 15.0 Å². The van der Waals surface area contributed by atoms with Crippen LogP contribution in [-0.2, 0) is 0 Å². The highest BCUT2D eigenvalue weighted by atomic mass is 16.5. The molecule has 0 amide bonds. The predicted octanol–water partition coefficient (Wildman–Crippen LogP) is 0.911. The Morgan fingerprint density at radius 3 is 2.53 bits per heavy atom. The minimum Gasteiger partial charge on any atom is -0.467 e. The second-order valence-corrected chi connectivity index (χ2v) is 4.08. The molecule has 7 heteroatoms. The van der Waals surface area contributed by atoms with E-state index in [2.05, 4.69) is 34.1 Å². The van der Waals surface area contributed by atoms with Gasteiger partial charge < -0.3 is 20.1 Å². The molecule has 0 aliphatic rings. The van der Waals surface area contributed by atoms with Crippen molar-refractivity contribution in [2.45, 2.75) is 26.7 Å². The molecule has 1 aromatic rings. The molecular formula is C12H23N5O2. The number of hydrogen-bond acceptors (Lipinski definition) is 7. The van der Waals surface area contributed by atoms with Crippen molar-refractivity contribution in [3.05, 3.63) is 0 Å². The highest BCUT2D eigenvalue weighted by molar-refractivity contribution is 5.38. The lowest BCUT2D eigenvalue weighted by atomic mass is 10.4. The maximum atomic E-state index is 9.10. The van der Waals surface area contributed by atoms with Crippen LogP contribution in [0.1, 0.15) is 26.7 Å². The third kappa shape index (κ3) is 4.86. The Morgan fingerprint density at radius 2 is 1.95 bits per heavy atom. The molecule has 0 aliphatic carbocycles. The number of aliphatic hydroxyl groups is 1. The number of nitrogens with one attached hydrogen (secondary N) is 1. The highest BCUT2D eigenvalue weighted by Crippen LogP contribution is 2.15. The molecule has 0 fully saturated rings. The maximum Gasteiger partial charge on any atom is 0.322 e. The van der Waals surface area contributed by atoms with Gasteiger partial charge in [0.05, 0.1) is 13.7 Å². The normalized spacial score (nSPS) is 10.3. The van der Waals surface area contributed by atoms with E-state index < -0.39 is 0 Å². The van der Waals surface area contributed by atoms with E-state index in [-0.39, 0.29) is 12.6 Å². The number of nitrogens with zero attached hydrogens (tertiary/aromatic N) is 4. The molecule has 0 saturated carbocycles. The van der Waals surface area contributed by atoms with E-state index in [9.17, 15) is 0 Å². The van der Waals surface area contributed by atoms with E-state index in [1.165, 1.54) is 7.11 Å². The summed E-state index contributed by atoms with van der Waals surface area (Å²) in [4.78, 5) is 14.7. The molecule has 0 aromatic carbocycles. The average molecular weight is 269 g/mol. The minimum atomic E-state index is 0.0612. The third-order valence-corrected chi connectivity index (χ3v) is 2.47. The lowest BCUT2D eigenvalue weighted by Crippen LogP contribution is -2.29. The van der Waals surface area contributed by atoms with Crippen molar-refractivity contribution in [3.63, 3.8) is 0 Å². The molecule has 108 valence electrons. The molecule has 0 spiro atoms. The number of hydrogen-bond donors (Lipinski definition) is 2. The van der Waals surface area contributed by atoms with Crippen molar-refractivity contribution in [1.29, 1.82) is 0 Å². The standard InChI is InChI=1S/C12H23N5O2/c1-4-6-13-10-14-11(16-12(15-10)19-3)17(7-5-2)8-9-18/h18H,4-9H2,1-3H3,(H,13,14,15,16). The van der Waals surface area contributed by atoms with Crippen LogP contribution in [0.4, 0.5) is 11.9 Å². The van der Waals surface area contributed by atoms with Gasteiger partial charge in [0.1, 0.15) is 0 Å². The predicted molar refractivity (Wildman–Crippen MR) is 74.7 cm³/mol. The Labute approximate surface area is 114 Å². The summed E-state index contributed by atoms with van der Waals surface area (Å²) in [5.41, 5.74) is 0. The van der Waals surface area contributed by atoms with E-state index >= 15 is 0 Å². The molecule has 1 aromatic heterocycles. The van der Waals surface area contributed by atoms with Crippen LogP contribution in [-0.4, -0.2) is 53.4 Å². The van der Waals surface area contributed by atoms with Gasteiger partial charge in [0.15, 0.2) is 0 Å². The molecule has 0 aliphatic heterocycles. The van der Waals surface area contributed by atoms with Gasteiger partial charge >= 0.3 is 6.01 Å². The fraction of sp³-hybridized carbons (Fsp3) is 0.750. The number of aliphatic hydroxyl groups excluding tert-OH is 1. The first kappa shape index (κ1) is 15.4. The molecule has 0 bridgehead atoms. The number of aromatic nitrogens is 3. The van der Waals surface area contributed by atoms with Crippen LogP contribution in [0, 0.1) is 0 Å². The van der Waals surface area contributed by atoms with Gasteiger partial charge in [-0.1, -0.05) is 13.8 Å². The number of anilines is 2. The molecule has 0 atom stereocenters. The van der Waals surface area contributed by atoms with Crippen molar-refractivity contribution in [2.75, 3.05) is 43.6 Å². The molecule has 19 heavy (non-hydrogen) atoms. The first-order valence-electron chi connectivity index (χ1n) is 6.64. The molecule has 0 radical (unpaired) electrons.